The molecule has 0 N–H and O–H groups in total. The van der Waals surface area contributed by atoms with E-state index in [4.69, 9.17) is 18.1 Å². The van der Waals surface area contributed by atoms with Gasteiger partial charge in [0.25, 0.3) is 0 Å². The first-order valence-electron chi connectivity index (χ1n) is 13.2. The van der Waals surface area contributed by atoms with Crippen molar-refractivity contribution in [1.82, 2.24) is 0 Å². The van der Waals surface area contributed by atoms with E-state index in [1.165, 1.54) is 0 Å². The molecule has 0 aromatic heterocycles. The monoisotopic (exact) mass is 518 g/mol. The van der Waals surface area contributed by atoms with Crippen LogP contribution in [-0.4, -0.2) is 38.8 Å². The highest BCUT2D eigenvalue weighted by Crippen LogP contribution is 2.55. The minimum atomic E-state index is -3.35. The predicted octanol–water partition coefficient (Wildman–Crippen LogP) is 8.50. The van der Waals surface area contributed by atoms with E-state index >= 15 is 0 Å². The highest BCUT2D eigenvalue weighted by atomic mass is 31.2. The average molecular weight is 519 g/mol. The van der Waals surface area contributed by atoms with Gasteiger partial charge in [-0.25, -0.2) is 0 Å². The first kappa shape index (κ1) is 31.5. The average Bonchev–Trinajstić information content (AvgIpc) is 2.80. The van der Waals surface area contributed by atoms with Gasteiger partial charge in [-0.3, -0.25) is 9.13 Å². The molecule has 1 aromatic carbocycles. The van der Waals surface area contributed by atoms with Crippen LogP contribution in [-0.2, 0) is 33.6 Å². The lowest BCUT2D eigenvalue weighted by molar-refractivity contribution is 0.190. The molecule has 34 heavy (non-hydrogen) atoms. The largest absolute Gasteiger partial charge is 0.330 e. The van der Waals surface area contributed by atoms with Gasteiger partial charge >= 0.3 is 15.2 Å². The van der Waals surface area contributed by atoms with Crippen LogP contribution in [0.15, 0.2) is 30.3 Å². The Balaban J connectivity index is 3.10. The van der Waals surface area contributed by atoms with Gasteiger partial charge < -0.3 is 18.1 Å². The van der Waals surface area contributed by atoms with Crippen molar-refractivity contribution in [3.63, 3.8) is 0 Å². The molecule has 8 heteroatoms. The molecule has 0 bridgehead atoms. The fourth-order valence-corrected chi connectivity index (χ4v) is 7.63. The van der Waals surface area contributed by atoms with E-state index in [1.54, 1.807) is 0 Å². The summed E-state index contributed by atoms with van der Waals surface area (Å²) in [6.07, 6.45) is 8.11. The number of hydrogen-bond acceptors (Lipinski definition) is 6. The SMILES string of the molecule is CCCCOP(=O)(CC(Cc1ccccc1)CP(=O)(OCCCC)OCCCC)OCCCC. The molecule has 0 amide bonds. The van der Waals surface area contributed by atoms with Gasteiger partial charge in [0.05, 0.1) is 38.8 Å². The van der Waals surface area contributed by atoms with Crippen LogP contribution in [0.4, 0.5) is 0 Å². The molecule has 198 valence electrons. The normalized spacial score (nSPS) is 12.5. The third-order valence-electron chi connectivity index (χ3n) is 5.47. The van der Waals surface area contributed by atoms with E-state index in [0.29, 0.717) is 32.8 Å². The highest BCUT2D eigenvalue weighted by molar-refractivity contribution is 7.55. The highest BCUT2D eigenvalue weighted by Gasteiger charge is 2.35. The van der Waals surface area contributed by atoms with Crippen molar-refractivity contribution < 1.29 is 27.2 Å². The molecule has 0 aliphatic heterocycles. The molecule has 0 atom stereocenters. The van der Waals surface area contributed by atoms with Crippen molar-refractivity contribution in [3.05, 3.63) is 35.9 Å². The lowest BCUT2D eigenvalue weighted by Gasteiger charge is -2.27. The van der Waals surface area contributed by atoms with E-state index in [2.05, 4.69) is 27.7 Å². The van der Waals surface area contributed by atoms with Gasteiger partial charge in [0.15, 0.2) is 0 Å². The van der Waals surface area contributed by atoms with Crippen LogP contribution >= 0.6 is 15.2 Å². The maximum absolute atomic E-state index is 13.8. The van der Waals surface area contributed by atoms with Gasteiger partial charge in [-0.2, -0.15) is 0 Å². The molecule has 0 fully saturated rings. The molecular weight excluding hydrogens is 470 g/mol. The van der Waals surface area contributed by atoms with E-state index in [0.717, 1.165) is 56.9 Å². The fourth-order valence-electron chi connectivity index (χ4n) is 3.44. The van der Waals surface area contributed by atoms with Gasteiger partial charge in [0.2, 0.25) is 0 Å². The minimum absolute atomic E-state index is 0.202. The van der Waals surface area contributed by atoms with Crippen LogP contribution in [0.1, 0.15) is 84.6 Å². The quantitative estimate of drug-likeness (QED) is 0.113. The molecule has 0 unspecified atom stereocenters. The Morgan fingerprint density at radius 2 is 0.971 bits per heavy atom. The van der Waals surface area contributed by atoms with Gasteiger partial charge in [0, 0.05) is 0 Å². The molecule has 1 aromatic rings. The molecule has 1 rings (SSSR count). The van der Waals surface area contributed by atoms with Gasteiger partial charge in [-0.05, 0) is 43.6 Å². The van der Waals surface area contributed by atoms with Crippen molar-refractivity contribution in [1.29, 1.82) is 0 Å². The third-order valence-corrected chi connectivity index (χ3v) is 9.71. The number of rotatable bonds is 22. The zero-order valence-corrected chi connectivity index (χ0v) is 23.7. The lowest BCUT2D eigenvalue weighted by Crippen LogP contribution is -2.20. The summed E-state index contributed by atoms with van der Waals surface area (Å²) in [5.74, 6) is -0.217. The number of benzene rings is 1. The molecular formula is C26H48O6P2. The number of unbranched alkanes of at least 4 members (excludes halogenated alkanes) is 4. The lowest BCUT2D eigenvalue weighted by atomic mass is 10.0. The molecule has 0 spiro atoms. The van der Waals surface area contributed by atoms with Crippen LogP contribution in [0.3, 0.4) is 0 Å². The summed E-state index contributed by atoms with van der Waals surface area (Å²) < 4.78 is 50.9. The molecule has 0 saturated carbocycles. The third kappa shape index (κ3) is 14.2. The summed E-state index contributed by atoms with van der Waals surface area (Å²) >= 11 is 0. The van der Waals surface area contributed by atoms with Crippen LogP contribution in [0.25, 0.3) is 0 Å². The number of hydrogen-bond donors (Lipinski definition) is 0. The van der Waals surface area contributed by atoms with E-state index < -0.39 is 15.2 Å². The van der Waals surface area contributed by atoms with Crippen molar-refractivity contribution in [2.45, 2.75) is 85.5 Å². The zero-order chi connectivity index (χ0) is 25.1. The van der Waals surface area contributed by atoms with E-state index in [9.17, 15) is 9.13 Å². The molecule has 0 radical (unpaired) electrons. The van der Waals surface area contributed by atoms with Crippen molar-refractivity contribution >= 4 is 15.2 Å². The van der Waals surface area contributed by atoms with Gasteiger partial charge in [-0.1, -0.05) is 83.7 Å². The van der Waals surface area contributed by atoms with Crippen LogP contribution in [0.2, 0.25) is 0 Å². The summed E-state index contributed by atoms with van der Waals surface area (Å²) in [6.45, 7) is 9.88. The second kappa shape index (κ2) is 18.7. The second-order valence-electron chi connectivity index (χ2n) is 8.89. The van der Waals surface area contributed by atoms with Crippen LogP contribution in [0, 0.1) is 5.92 Å². The van der Waals surface area contributed by atoms with Crippen molar-refractivity contribution in [2.24, 2.45) is 5.92 Å². The smallest absolute Gasteiger partial charge is 0.309 e. The van der Waals surface area contributed by atoms with Crippen molar-refractivity contribution in [3.8, 4) is 0 Å². The Bertz CT molecular complexity index is 645. The molecule has 0 heterocycles. The summed E-state index contributed by atoms with van der Waals surface area (Å²) in [5, 5.41) is 0. The molecule has 0 aliphatic rings. The Labute approximate surface area is 208 Å². The summed E-state index contributed by atoms with van der Waals surface area (Å²) in [6, 6.07) is 10.0. The molecule has 0 aliphatic carbocycles. The zero-order valence-electron chi connectivity index (χ0n) is 21.9. The van der Waals surface area contributed by atoms with Crippen LogP contribution < -0.4 is 0 Å². The van der Waals surface area contributed by atoms with Crippen molar-refractivity contribution in [2.75, 3.05) is 38.8 Å². The summed E-state index contributed by atoms with van der Waals surface area (Å²) in [7, 11) is -6.71. The first-order chi connectivity index (χ1) is 16.4. The standard InChI is InChI=1S/C26H48O6P2/c1-5-9-18-29-33(27,30-19-10-6-2)23-26(22-25-16-14-13-15-17-25)24-34(28,31-20-11-7-3)32-21-12-8-4/h13-17,26H,5-12,18-24H2,1-4H3. The topological polar surface area (TPSA) is 71.1 Å². The Kier molecular flexibility index (Phi) is 17.4. The summed E-state index contributed by atoms with van der Waals surface area (Å²) in [4.78, 5) is 0. The van der Waals surface area contributed by atoms with E-state index in [1.807, 2.05) is 30.3 Å². The van der Waals surface area contributed by atoms with Crippen LogP contribution in [0.5, 0.6) is 0 Å². The van der Waals surface area contributed by atoms with Gasteiger partial charge in [0.1, 0.15) is 0 Å². The molecule has 0 saturated heterocycles. The maximum Gasteiger partial charge on any atom is 0.330 e. The Morgan fingerprint density at radius 3 is 1.29 bits per heavy atom. The summed E-state index contributed by atoms with van der Waals surface area (Å²) in [5.41, 5.74) is 1.09. The van der Waals surface area contributed by atoms with E-state index in [-0.39, 0.29) is 18.2 Å². The first-order valence-corrected chi connectivity index (χ1v) is 16.7. The minimum Gasteiger partial charge on any atom is -0.309 e. The molecule has 6 nitrogen and oxygen atoms in total. The van der Waals surface area contributed by atoms with Gasteiger partial charge in [-0.15, -0.1) is 0 Å². The second-order valence-corrected chi connectivity index (χ2v) is 13.1. The Hall–Kier alpha value is -0.480. The Morgan fingerprint density at radius 1 is 0.618 bits per heavy atom. The maximum atomic E-state index is 13.8. The predicted molar refractivity (Wildman–Crippen MR) is 142 cm³/mol. The fraction of sp³-hybridized carbons (Fsp3) is 0.769.